The number of aliphatic hydroxyl groups is 1. The van der Waals surface area contributed by atoms with Crippen LogP contribution in [-0.4, -0.2) is 18.8 Å². The lowest BCUT2D eigenvalue weighted by Gasteiger charge is -2.03. The number of rotatable bonds is 4. The highest BCUT2D eigenvalue weighted by Gasteiger charge is 1.86. The van der Waals surface area contributed by atoms with E-state index in [9.17, 15) is 0 Å². The predicted octanol–water partition coefficient (Wildman–Crippen LogP) is 2.51. The van der Waals surface area contributed by atoms with Crippen molar-refractivity contribution in [2.45, 2.75) is 19.8 Å². The van der Waals surface area contributed by atoms with Gasteiger partial charge in [-0.1, -0.05) is 31.5 Å². The van der Waals surface area contributed by atoms with E-state index < -0.39 is 0 Å². The van der Waals surface area contributed by atoms with Crippen LogP contribution in [0.1, 0.15) is 19.8 Å². The molecule has 0 fully saturated rings. The topological polar surface area (TPSA) is 32.3 Å². The average molecular weight is 181 g/mol. The van der Waals surface area contributed by atoms with E-state index in [1.54, 1.807) is 0 Å². The number of anilines is 1. The third-order valence-corrected chi connectivity index (χ3v) is 1.63. The molecular formula is C11H19NO. The van der Waals surface area contributed by atoms with Crippen molar-refractivity contribution in [1.82, 2.24) is 0 Å². The second kappa shape index (κ2) is 9.07. The quantitative estimate of drug-likeness (QED) is 0.699. The summed E-state index contributed by atoms with van der Waals surface area (Å²) in [7, 11) is 1.00. The summed E-state index contributed by atoms with van der Waals surface area (Å²) in [5.41, 5.74) is 1.22. The van der Waals surface area contributed by atoms with Gasteiger partial charge < -0.3 is 10.4 Å². The summed E-state index contributed by atoms with van der Waals surface area (Å²) in [6, 6.07) is 10.3. The van der Waals surface area contributed by atoms with E-state index in [1.807, 2.05) is 18.2 Å². The van der Waals surface area contributed by atoms with Crippen molar-refractivity contribution in [3.8, 4) is 0 Å². The first-order valence-electron chi connectivity index (χ1n) is 4.67. The molecule has 0 aromatic heterocycles. The first kappa shape index (κ1) is 12.0. The van der Waals surface area contributed by atoms with Crippen LogP contribution in [0.5, 0.6) is 0 Å². The van der Waals surface area contributed by atoms with Crippen LogP contribution in [0.25, 0.3) is 0 Å². The predicted molar refractivity (Wildman–Crippen MR) is 58.0 cm³/mol. The van der Waals surface area contributed by atoms with Gasteiger partial charge in [0.2, 0.25) is 0 Å². The molecule has 13 heavy (non-hydrogen) atoms. The van der Waals surface area contributed by atoms with Gasteiger partial charge in [0.1, 0.15) is 0 Å². The van der Waals surface area contributed by atoms with Crippen molar-refractivity contribution in [2.24, 2.45) is 0 Å². The highest BCUT2D eigenvalue weighted by atomic mass is 16.2. The van der Waals surface area contributed by atoms with Crippen LogP contribution < -0.4 is 5.32 Å². The molecule has 0 amide bonds. The first-order chi connectivity index (χ1) is 6.43. The van der Waals surface area contributed by atoms with E-state index >= 15 is 0 Å². The van der Waals surface area contributed by atoms with Gasteiger partial charge >= 0.3 is 0 Å². The van der Waals surface area contributed by atoms with Gasteiger partial charge in [-0.15, -0.1) is 0 Å². The summed E-state index contributed by atoms with van der Waals surface area (Å²) < 4.78 is 0. The van der Waals surface area contributed by atoms with Crippen molar-refractivity contribution in [3.63, 3.8) is 0 Å². The fourth-order valence-corrected chi connectivity index (χ4v) is 0.966. The maximum Gasteiger partial charge on any atom is 0.0340 e. The Hall–Kier alpha value is -1.02. The van der Waals surface area contributed by atoms with Gasteiger partial charge in [-0.3, -0.25) is 0 Å². The number of nitrogens with one attached hydrogen (secondary N) is 1. The van der Waals surface area contributed by atoms with Crippen molar-refractivity contribution in [1.29, 1.82) is 0 Å². The maximum absolute atomic E-state index is 7.00. The molecule has 2 nitrogen and oxygen atoms in total. The molecule has 1 aromatic rings. The minimum absolute atomic E-state index is 1.00. The average Bonchev–Trinajstić information content (AvgIpc) is 2.23. The summed E-state index contributed by atoms with van der Waals surface area (Å²) in [5.74, 6) is 0. The molecule has 0 spiro atoms. The fraction of sp³-hybridized carbons (Fsp3) is 0.455. The van der Waals surface area contributed by atoms with Crippen LogP contribution in [0, 0.1) is 0 Å². The highest BCUT2D eigenvalue weighted by Crippen LogP contribution is 2.04. The molecule has 0 atom stereocenters. The number of hydrogen-bond donors (Lipinski definition) is 2. The molecule has 2 N–H and O–H groups in total. The zero-order valence-corrected chi connectivity index (χ0v) is 8.46. The SMILES string of the molecule is CCCCNc1ccccc1.CO. The first-order valence-corrected chi connectivity index (χ1v) is 4.67. The molecule has 0 bridgehead atoms. The molecule has 0 aliphatic carbocycles. The van der Waals surface area contributed by atoms with Crippen molar-refractivity contribution < 1.29 is 5.11 Å². The molecule has 1 aromatic carbocycles. The zero-order chi connectivity index (χ0) is 9.94. The van der Waals surface area contributed by atoms with Gasteiger partial charge in [0.15, 0.2) is 0 Å². The van der Waals surface area contributed by atoms with Crippen LogP contribution in [-0.2, 0) is 0 Å². The molecule has 0 radical (unpaired) electrons. The third kappa shape index (κ3) is 6.17. The molecule has 0 saturated carbocycles. The summed E-state index contributed by atoms with van der Waals surface area (Å²) >= 11 is 0. The number of aliphatic hydroxyl groups excluding tert-OH is 1. The Kier molecular flexibility index (Phi) is 8.36. The number of unbranched alkanes of at least 4 members (excludes halogenated alkanes) is 1. The molecule has 1 rings (SSSR count). The second-order valence-electron chi connectivity index (χ2n) is 2.65. The Morgan fingerprint density at radius 1 is 1.15 bits per heavy atom. The number of hydrogen-bond acceptors (Lipinski definition) is 2. The lowest BCUT2D eigenvalue weighted by atomic mass is 10.3. The van der Waals surface area contributed by atoms with Gasteiger partial charge in [-0.05, 0) is 18.6 Å². The molecule has 0 aliphatic heterocycles. The molecule has 0 aliphatic rings. The second-order valence-corrected chi connectivity index (χ2v) is 2.65. The van der Waals surface area contributed by atoms with Crippen molar-refractivity contribution >= 4 is 5.69 Å². The highest BCUT2D eigenvalue weighted by molar-refractivity contribution is 5.42. The molecule has 0 heterocycles. The van der Waals surface area contributed by atoms with E-state index in [2.05, 4.69) is 24.4 Å². The van der Waals surface area contributed by atoms with Gasteiger partial charge in [-0.25, -0.2) is 0 Å². The molecule has 74 valence electrons. The fourth-order valence-electron chi connectivity index (χ4n) is 0.966. The molecule has 0 unspecified atom stereocenters. The minimum atomic E-state index is 1.00. The van der Waals surface area contributed by atoms with Crippen LogP contribution in [0.4, 0.5) is 5.69 Å². The normalized spacial score (nSPS) is 8.54. The number of para-hydroxylation sites is 1. The smallest absolute Gasteiger partial charge is 0.0340 e. The van der Waals surface area contributed by atoms with Crippen LogP contribution >= 0.6 is 0 Å². The van der Waals surface area contributed by atoms with Gasteiger partial charge in [0, 0.05) is 19.3 Å². The molecule has 0 saturated heterocycles. The number of benzene rings is 1. The third-order valence-electron chi connectivity index (χ3n) is 1.63. The van der Waals surface area contributed by atoms with Gasteiger partial charge in [0.05, 0.1) is 0 Å². The Morgan fingerprint density at radius 3 is 2.31 bits per heavy atom. The van der Waals surface area contributed by atoms with Gasteiger partial charge in [-0.2, -0.15) is 0 Å². The summed E-state index contributed by atoms with van der Waals surface area (Å²) in [5, 5.41) is 10.3. The Morgan fingerprint density at radius 2 is 1.77 bits per heavy atom. The summed E-state index contributed by atoms with van der Waals surface area (Å²) in [4.78, 5) is 0. The monoisotopic (exact) mass is 181 g/mol. The van der Waals surface area contributed by atoms with E-state index in [0.717, 1.165) is 13.7 Å². The van der Waals surface area contributed by atoms with Crippen LogP contribution in [0.15, 0.2) is 30.3 Å². The van der Waals surface area contributed by atoms with Crippen molar-refractivity contribution in [3.05, 3.63) is 30.3 Å². The Balaban J connectivity index is 0.000000671. The van der Waals surface area contributed by atoms with E-state index in [4.69, 9.17) is 5.11 Å². The lowest BCUT2D eigenvalue weighted by molar-refractivity contribution is 0.399. The van der Waals surface area contributed by atoms with E-state index in [0.29, 0.717) is 0 Å². The molecule has 2 heteroatoms. The van der Waals surface area contributed by atoms with E-state index in [-0.39, 0.29) is 0 Å². The Bertz CT molecular complexity index is 187. The lowest BCUT2D eigenvalue weighted by Crippen LogP contribution is -1.99. The summed E-state index contributed by atoms with van der Waals surface area (Å²) in [6.07, 6.45) is 2.49. The Labute approximate surface area is 80.6 Å². The standard InChI is InChI=1S/C10H15N.CH4O/c1-2-3-9-11-10-7-5-4-6-8-10;1-2/h4-8,11H,2-3,9H2,1H3;2H,1H3. The van der Waals surface area contributed by atoms with Crippen LogP contribution in [0.2, 0.25) is 0 Å². The summed E-state index contributed by atoms with van der Waals surface area (Å²) in [6.45, 7) is 3.28. The van der Waals surface area contributed by atoms with E-state index in [1.165, 1.54) is 18.5 Å². The molecular weight excluding hydrogens is 162 g/mol. The van der Waals surface area contributed by atoms with Crippen LogP contribution in [0.3, 0.4) is 0 Å². The minimum Gasteiger partial charge on any atom is -0.400 e. The zero-order valence-electron chi connectivity index (χ0n) is 8.46. The van der Waals surface area contributed by atoms with Gasteiger partial charge in [0.25, 0.3) is 0 Å². The largest absolute Gasteiger partial charge is 0.400 e. The maximum atomic E-state index is 7.00. The van der Waals surface area contributed by atoms with Crippen molar-refractivity contribution in [2.75, 3.05) is 19.0 Å².